The third kappa shape index (κ3) is 9.13. The number of rotatable bonds is 11. The highest BCUT2D eigenvalue weighted by Crippen LogP contribution is 2.11. The van der Waals surface area contributed by atoms with Crippen LogP contribution in [-0.4, -0.2) is 6.61 Å². The van der Waals surface area contributed by atoms with Crippen LogP contribution < -0.4 is 4.74 Å². The summed E-state index contributed by atoms with van der Waals surface area (Å²) in [6, 6.07) is 12.2. The first-order chi connectivity index (χ1) is 9.43. The number of para-hydroxylation sites is 1. The molecule has 0 atom stereocenters. The Labute approximate surface area is 117 Å². The minimum absolute atomic E-state index is 0.719. The van der Waals surface area contributed by atoms with E-state index in [1.54, 1.807) is 0 Å². The first-order valence-corrected chi connectivity index (χ1v) is 7.48. The molecule has 1 aromatic rings. The van der Waals surface area contributed by atoms with Crippen LogP contribution in [0.2, 0.25) is 0 Å². The number of hydrogen-bond donors (Lipinski definition) is 0. The smallest absolute Gasteiger partial charge is 0.119 e. The Kier molecular flexibility index (Phi) is 9.50. The van der Waals surface area contributed by atoms with Gasteiger partial charge in [0.1, 0.15) is 5.75 Å². The molecule has 0 spiro atoms. The number of hydrogen-bond acceptors (Lipinski definition) is 2. The SMILES string of the molecule is N#CCCCCCCCCCCOc1ccccc1. The van der Waals surface area contributed by atoms with Gasteiger partial charge in [-0.25, -0.2) is 0 Å². The predicted octanol–water partition coefficient (Wildman–Crippen LogP) is 5.10. The molecule has 0 heterocycles. The standard InChI is InChI=1S/C17H25NO/c18-15-11-6-4-2-1-3-5-7-12-16-19-17-13-9-8-10-14-17/h8-10,13-14H,1-7,11-12,16H2. The topological polar surface area (TPSA) is 33.0 Å². The van der Waals surface area contributed by atoms with Gasteiger partial charge >= 0.3 is 0 Å². The lowest BCUT2D eigenvalue weighted by atomic mass is 10.1. The number of benzene rings is 1. The van der Waals surface area contributed by atoms with Crippen molar-refractivity contribution in [3.05, 3.63) is 30.3 Å². The normalized spacial score (nSPS) is 10.1. The van der Waals surface area contributed by atoms with Crippen molar-refractivity contribution in [1.82, 2.24) is 0 Å². The van der Waals surface area contributed by atoms with E-state index < -0.39 is 0 Å². The number of nitrogens with zero attached hydrogens (tertiary/aromatic N) is 1. The molecule has 1 aromatic carbocycles. The monoisotopic (exact) mass is 259 g/mol. The minimum atomic E-state index is 0.719. The molecule has 0 bridgehead atoms. The summed E-state index contributed by atoms with van der Waals surface area (Å²) >= 11 is 0. The molecule has 0 N–H and O–H groups in total. The number of nitriles is 1. The molecule has 1 rings (SSSR count). The van der Waals surface area contributed by atoms with Crippen molar-refractivity contribution < 1.29 is 4.74 Å². The summed E-state index contributed by atoms with van der Waals surface area (Å²) in [5.74, 6) is 0.972. The summed E-state index contributed by atoms with van der Waals surface area (Å²) in [6.45, 7) is 0.826. The molecule has 0 aromatic heterocycles. The molecule has 19 heavy (non-hydrogen) atoms. The Morgan fingerprint density at radius 3 is 2.00 bits per heavy atom. The molecule has 104 valence electrons. The van der Waals surface area contributed by atoms with Crippen molar-refractivity contribution in [2.75, 3.05) is 6.61 Å². The highest BCUT2D eigenvalue weighted by atomic mass is 16.5. The van der Waals surface area contributed by atoms with Crippen molar-refractivity contribution in [2.24, 2.45) is 0 Å². The van der Waals surface area contributed by atoms with E-state index in [2.05, 4.69) is 6.07 Å². The van der Waals surface area contributed by atoms with Gasteiger partial charge in [0.05, 0.1) is 12.7 Å². The molecule has 2 nitrogen and oxygen atoms in total. The quantitative estimate of drug-likeness (QED) is 0.518. The van der Waals surface area contributed by atoms with E-state index in [4.69, 9.17) is 10.00 Å². The lowest BCUT2D eigenvalue weighted by Gasteiger charge is -2.05. The summed E-state index contributed by atoms with van der Waals surface area (Å²) < 4.78 is 5.65. The Balaban J connectivity index is 1.80. The van der Waals surface area contributed by atoms with E-state index in [1.807, 2.05) is 30.3 Å². The summed E-state index contributed by atoms with van der Waals surface area (Å²) in [5, 5.41) is 8.41. The second kappa shape index (κ2) is 11.6. The van der Waals surface area contributed by atoms with Crippen LogP contribution in [0.1, 0.15) is 57.8 Å². The first-order valence-electron chi connectivity index (χ1n) is 7.48. The van der Waals surface area contributed by atoms with E-state index in [-0.39, 0.29) is 0 Å². The zero-order valence-electron chi connectivity index (χ0n) is 11.8. The fourth-order valence-electron chi connectivity index (χ4n) is 2.07. The summed E-state index contributed by atoms with van der Waals surface area (Å²) in [5.41, 5.74) is 0. The van der Waals surface area contributed by atoms with Crippen LogP contribution in [0, 0.1) is 11.3 Å². The van der Waals surface area contributed by atoms with Gasteiger partial charge in [-0.1, -0.05) is 56.7 Å². The summed E-state index contributed by atoms with van der Waals surface area (Å²) in [4.78, 5) is 0. The molecule has 0 amide bonds. The number of ether oxygens (including phenoxy) is 1. The van der Waals surface area contributed by atoms with Crippen molar-refractivity contribution in [2.45, 2.75) is 57.8 Å². The van der Waals surface area contributed by atoms with Crippen molar-refractivity contribution in [1.29, 1.82) is 5.26 Å². The first kappa shape index (κ1) is 15.6. The van der Waals surface area contributed by atoms with E-state index >= 15 is 0 Å². The van der Waals surface area contributed by atoms with E-state index in [0.29, 0.717) is 0 Å². The fraction of sp³-hybridized carbons (Fsp3) is 0.588. The summed E-state index contributed by atoms with van der Waals surface area (Å²) in [7, 11) is 0. The van der Waals surface area contributed by atoms with Gasteiger partial charge in [-0.15, -0.1) is 0 Å². The second-order valence-corrected chi connectivity index (χ2v) is 4.90. The molecule has 0 aliphatic rings. The van der Waals surface area contributed by atoms with Gasteiger partial charge in [0.2, 0.25) is 0 Å². The Bertz CT molecular complexity index is 342. The molecule has 0 radical (unpaired) electrons. The molecule has 0 fully saturated rings. The van der Waals surface area contributed by atoms with Gasteiger partial charge in [-0.05, 0) is 25.0 Å². The van der Waals surface area contributed by atoms with Crippen LogP contribution in [0.4, 0.5) is 0 Å². The van der Waals surface area contributed by atoms with Crippen LogP contribution >= 0.6 is 0 Å². The highest BCUT2D eigenvalue weighted by Gasteiger charge is 1.94. The average molecular weight is 259 g/mol. The van der Waals surface area contributed by atoms with Crippen LogP contribution in [0.15, 0.2) is 30.3 Å². The molecular weight excluding hydrogens is 234 g/mol. The fourth-order valence-corrected chi connectivity index (χ4v) is 2.07. The third-order valence-corrected chi connectivity index (χ3v) is 3.19. The van der Waals surface area contributed by atoms with Crippen molar-refractivity contribution in [3.8, 4) is 11.8 Å². The Hall–Kier alpha value is -1.49. The van der Waals surface area contributed by atoms with Crippen LogP contribution in [0.3, 0.4) is 0 Å². The minimum Gasteiger partial charge on any atom is -0.494 e. The molecule has 0 saturated carbocycles. The van der Waals surface area contributed by atoms with Gasteiger partial charge in [0.15, 0.2) is 0 Å². The van der Waals surface area contributed by atoms with Crippen LogP contribution in [-0.2, 0) is 0 Å². The largest absolute Gasteiger partial charge is 0.494 e. The molecule has 2 heteroatoms. The lowest BCUT2D eigenvalue weighted by Crippen LogP contribution is -1.96. The average Bonchev–Trinajstić information content (AvgIpc) is 2.46. The van der Waals surface area contributed by atoms with Crippen molar-refractivity contribution >= 4 is 0 Å². The third-order valence-electron chi connectivity index (χ3n) is 3.19. The highest BCUT2D eigenvalue weighted by molar-refractivity contribution is 5.20. The van der Waals surface area contributed by atoms with Gasteiger partial charge in [0, 0.05) is 6.42 Å². The lowest BCUT2D eigenvalue weighted by molar-refractivity contribution is 0.304. The molecule has 0 unspecified atom stereocenters. The van der Waals surface area contributed by atoms with Crippen molar-refractivity contribution in [3.63, 3.8) is 0 Å². The van der Waals surface area contributed by atoms with Gasteiger partial charge < -0.3 is 4.74 Å². The van der Waals surface area contributed by atoms with E-state index in [1.165, 1.54) is 38.5 Å². The second-order valence-electron chi connectivity index (χ2n) is 4.90. The number of unbranched alkanes of at least 4 members (excludes halogenated alkanes) is 8. The maximum atomic E-state index is 8.41. The van der Waals surface area contributed by atoms with Gasteiger partial charge in [-0.2, -0.15) is 5.26 Å². The zero-order valence-corrected chi connectivity index (χ0v) is 11.8. The van der Waals surface area contributed by atoms with Crippen LogP contribution in [0.25, 0.3) is 0 Å². The predicted molar refractivity (Wildman–Crippen MR) is 79.1 cm³/mol. The van der Waals surface area contributed by atoms with E-state index in [0.717, 1.165) is 31.6 Å². The Morgan fingerprint density at radius 1 is 0.789 bits per heavy atom. The molecule has 0 saturated heterocycles. The summed E-state index contributed by atoms with van der Waals surface area (Å²) in [6.07, 6.45) is 10.6. The van der Waals surface area contributed by atoms with Gasteiger partial charge in [0.25, 0.3) is 0 Å². The molecular formula is C17H25NO. The molecule has 0 aliphatic carbocycles. The maximum Gasteiger partial charge on any atom is 0.119 e. The maximum absolute atomic E-state index is 8.41. The Morgan fingerprint density at radius 2 is 1.37 bits per heavy atom. The van der Waals surface area contributed by atoms with Gasteiger partial charge in [-0.3, -0.25) is 0 Å². The van der Waals surface area contributed by atoms with E-state index in [9.17, 15) is 0 Å². The zero-order chi connectivity index (χ0) is 13.6. The molecule has 0 aliphatic heterocycles. The van der Waals surface area contributed by atoms with Crippen LogP contribution in [0.5, 0.6) is 5.75 Å².